The van der Waals surface area contributed by atoms with Gasteiger partial charge in [0.15, 0.2) is 0 Å². The van der Waals surface area contributed by atoms with E-state index in [0.717, 1.165) is 94.6 Å². The number of phenols is 1. The molecule has 430 valence electrons. The Kier molecular flexibility index (Phi) is 16.1. The molecule has 5 aliphatic carbocycles. The number of ketones is 1. The molecule has 0 radical (unpaired) electrons. The van der Waals surface area contributed by atoms with Crippen molar-refractivity contribution < 1.29 is 59.2 Å². The van der Waals surface area contributed by atoms with E-state index in [2.05, 4.69) is 29.0 Å². The van der Waals surface area contributed by atoms with Crippen LogP contribution in [0.3, 0.4) is 0 Å². The van der Waals surface area contributed by atoms with E-state index in [0.29, 0.717) is 58.5 Å². The Labute approximate surface area is 476 Å². The highest BCUT2D eigenvalue weighted by molar-refractivity contribution is 5.89. The molecule has 0 saturated heterocycles. The topological polar surface area (TPSA) is 212 Å². The lowest BCUT2D eigenvalue weighted by Gasteiger charge is -2.59. The van der Waals surface area contributed by atoms with Crippen LogP contribution in [0.2, 0.25) is 0 Å². The Balaban J connectivity index is 1.05. The van der Waals surface area contributed by atoms with Crippen molar-refractivity contribution in [3.63, 3.8) is 0 Å². The van der Waals surface area contributed by atoms with E-state index in [1.165, 1.54) is 0 Å². The molecular formula is C68H81NO12. The predicted octanol–water partition coefficient (Wildman–Crippen LogP) is 9.26. The minimum Gasteiger partial charge on any atom is -0.507 e. The van der Waals surface area contributed by atoms with Crippen LogP contribution in [0.5, 0.6) is 11.5 Å². The van der Waals surface area contributed by atoms with Crippen LogP contribution in [-0.4, -0.2) is 97.1 Å². The highest BCUT2D eigenvalue weighted by atomic mass is 16.6. The second-order valence-corrected chi connectivity index (χ2v) is 26.0. The van der Waals surface area contributed by atoms with Crippen LogP contribution in [0.4, 0.5) is 5.69 Å². The number of rotatable bonds is 2. The number of ether oxygens (including phenoxy) is 3. The number of fused-ring (bicyclic) bond motifs is 18. The molecule has 13 unspecified atom stereocenters. The van der Waals surface area contributed by atoms with Crippen molar-refractivity contribution >= 4 is 23.4 Å². The molecule has 3 aromatic carbocycles. The molecule has 13 nitrogen and oxygen atoms in total. The van der Waals surface area contributed by atoms with Gasteiger partial charge >= 0.3 is 11.9 Å². The number of hydrogen-bond donors (Lipinski definition) is 7. The maximum absolute atomic E-state index is 15.9. The number of anilines is 1. The summed E-state index contributed by atoms with van der Waals surface area (Å²) in [5.41, 5.74) is 1.92. The van der Waals surface area contributed by atoms with E-state index in [-0.39, 0.29) is 110 Å². The molecule has 5 aliphatic heterocycles. The average Bonchev–Trinajstić information content (AvgIpc) is 3.14. The van der Waals surface area contributed by atoms with E-state index >= 15 is 4.79 Å². The summed E-state index contributed by atoms with van der Waals surface area (Å²) in [7, 11) is 0. The molecule has 10 aliphatic rings. The Morgan fingerprint density at radius 1 is 0.741 bits per heavy atom. The second-order valence-electron chi connectivity index (χ2n) is 26.0. The Bertz CT molecular complexity index is 3050. The summed E-state index contributed by atoms with van der Waals surface area (Å²) in [6, 6.07) is 15.3. The lowest BCUT2D eigenvalue weighted by atomic mass is 9.48. The number of phenolic OH excluding ortho intramolecular Hbond substituents is 1. The smallest absolute Gasteiger partial charge is 0.334 e. The average molecular weight is 1100 g/mol. The number of benzene rings is 3. The summed E-state index contributed by atoms with van der Waals surface area (Å²) in [6.07, 6.45) is 9.97. The van der Waals surface area contributed by atoms with Crippen molar-refractivity contribution in [1.29, 1.82) is 0 Å². The van der Waals surface area contributed by atoms with Crippen LogP contribution in [0.1, 0.15) is 192 Å². The van der Waals surface area contributed by atoms with Gasteiger partial charge in [-0.25, -0.2) is 4.79 Å². The van der Waals surface area contributed by atoms with Crippen LogP contribution < -0.4 is 10.1 Å². The zero-order chi connectivity index (χ0) is 56.2. The van der Waals surface area contributed by atoms with Gasteiger partial charge in [0.05, 0.1) is 37.3 Å². The SMILES string of the molecule is CC1(O)CNc2cc(cc(C3C#CC4CC(=O)Oc5c4cc(c(O)c5C4CCCCC4)CC4OC(=O)C(=CC(O)Cc5cccc(c5)CC5C(=O)CCC6C5CC5CCCCC5C46O)C3)c2)C(O)CC#CC2CCC(CC2)OCC1O. The van der Waals surface area contributed by atoms with Crippen molar-refractivity contribution in [2.75, 3.05) is 18.5 Å². The first-order valence-corrected chi connectivity index (χ1v) is 30.7. The molecule has 13 rings (SSSR count). The highest BCUT2D eigenvalue weighted by Crippen LogP contribution is 2.59. The summed E-state index contributed by atoms with van der Waals surface area (Å²) >= 11 is 0. The van der Waals surface area contributed by atoms with E-state index in [4.69, 9.17) is 14.2 Å². The van der Waals surface area contributed by atoms with Crippen molar-refractivity contribution in [2.24, 2.45) is 35.5 Å². The van der Waals surface area contributed by atoms with Gasteiger partial charge in [-0.05, 0) is 159 Å². The van der Waals surface area contributed by atoms with Gasteiger partial charge in [0.2, 0.25) is 0 Å². The summed E-state index contributed by atoms with van der Waals surface area (Å²) in [6.45, 7) is 1.41. The largest absolute Gasteiger partial charge is 0.507 e. The monoisotopic (exact) mass is 1100 g/mol. The van der Waals surface area contributed by atoms with Crippen LogP contribution in [-0.2, 0) is 43.1 Å². The van der Waals surface area contributed by atoms with Crippen LogP contribution in [0.25, 0.3) is 0 Å². The molecular weight excluding hydrogens is 1020 g/mol. The number of esters is 2. The van der Waals surface area contributed by atoms with Gasteiger partial charge in [-0.15, -0.1) is 0 Å². The Hall–Kier alpha value is -5.51. The standard InChI is InChI=1S/C68H81NO12/c1-67(77)38-69-50-30-46(29-47(31-50)58(71)16-8-9-39-17-21-52(22-18-39)79-37-60(67)73)43-19-20-44-36-62(74)81-65-53(44)34-48(64(75)63(65)42-12-3-2-4-13-42)35-61-68(78)56-15-6-5-14-45(56)33-54-55(59(72)24-23-57(54)68)27-41-11-7-10-40(25-41)26-51(70)32-49(28-43)66(76)80-61/h7,10-11,25,29-32,34,39,42-45,51-52,54-58,60-61,69-71,73,75,77-78H,2-6,12-18,21-24,26-28,33,35-38H2,1H3. The molecule has 3 aromatic rings. The molecule has 13 atom stereocenters. The van der Waals surface area contributed by atoms with Crippen molar-refractivity contribution in [2.45, 2.75) is 208 Å². The van der Waals surface area contributed by atoms with Gasteiger partial charge in [-0.1, -0.05) is 92.5 Å². The first-order valence-electron chi connectivity index (χ1n) is 30.7. The Morgan fingerprint density at radius 2 is 1.49 bits per heavy atom. The zero-order valence-corrected chi connectivity index (χ0v) is 46.9. The van der Waals surface area contributed by atoms with Crippen molar-refractivity contribution in [3.8, 4) is 35.2 Å². The second kappa shape index (κ2) is 23.3. The Morgan fingerprint density at radius 3 is 2.31 bits per heavy atom. The van der Waals surface area contributed by atoms with E-state index in [9.17, 15) is 40.2 Å². The number of carbonyl (C=O) groups is 3. The summed E-state index contributed by atoms with van der Waals surface area (Å²) in [4.78, 5) is 44.3. The maximum Gasteiger partial charge on any atom is 0.334 e. The lowest BCUT2D eigenvalue weighted by Crippen LogP contribution is -2.65. The van der Waals surface area contributed by atoms with Crippen molar-refractivity contribution in [3.05, 3.63) is 99.1 Å². The fourth-order valence-corrected chi connectivity index (χ4v) is 16.2. The molecule has 5 saturated carbocycles. The number of aromatic hydroxyl groups is 1. The van der Waals surface area contributed by atoms with Crippen molar-refractivity contribution in [1.82, 2.24) is 0 Å². The normalized spacial score (nSPS) is 36.4. The molecule has 14 bridgehead atoms. The number of Topliss-reactive ketones (excluding diaryl/α,β-unsaturated/α-hetero) is 1. The third-order valence-corrected chi connectivity index (χ3v) is 20.7. The highest BCUT2D eigenvalue weighted by Gasteiger charge is 2.62. The number of carbonyl (C=O) groups excluding carboxylic acids is 3. The molecule has 13 heteroatoms. The molecule has 7 N–H and O–H groups in total. The van der Waals surface area contributed by atoms with Crippen LogP contribution in [0.15, 0.2) is 60.2 Å². The molecule has 81 heavy (non-hydrogen) atoms. The number of nitrogens with one attached hydrogen (secondary N) is 1. The number of aliphatic hydroxyl groups excluding tert-OH is 3. The maximum atomic E-state index is 15.9. The van der Waals surface area contributed by atoms with Gasteiger partial charge in [0.1, 0.15) is 40.7 Å². The van der Waals surface area contributed by atoms with Crippen LogP contribution >= 0.6 is 0 Å². The summed E-state index contributed by atoms with van der Waals surface area (Å²) in [5.74, 6) is 10.2. The van der Waals surface area contributed by atoms with Crippen LogP contribution in [0, 0.1) is 59.2 Å². The fourth-order valence-electron chi connectivity index (χ4n) is 16.2. The van der Waals surface area contributed by atoms with Gasteiger partial charge < -0.3 is 50.2 Å². The minimum absolute atomic E-state index is 0.0284. The van der Waals surface area contributed by atoms with Gasteiger partial charge in [0.25, 0.3) is 0 Å². The molecule has 5 heterocycles. The zero-order valence-electron chi connectivity index (χ0n) is 46.9. The van der Waals surface area contributed by atoms with E-state index in [1.807, 2.05) is 42.5 Å². The lowest BCUT2D eigenvalue weighted by molar-refractivity contribution is -0.228. The third kappa shape index (κ3) is 11.5. The summed E-state index contributed by atoms with van der Waals surface area (Å²) in [5, 5.41) is 78.0. The first kappa shape index (κ1) is 56.0. The van der Waals surface area contributed by atoms with E-state index in [1.54, 1.807) is 19.1 Å². The number of aliphatic hydroxyl groups is 5. The summed E-state index contributed by atoms with van der Waals surface area (Å²) < 4.78 is 19.4. The molecule has 0 aromatic heterocycles. The number of hydrogen-bond acceptors (Lipinski definition) is 13. The fraction of sp³-hybridized carbons (Fsp3) is 0.603. The first-order chi connectivity index (χ1) is 39.1. The minimum atomic E-state index is -1.64. The predicted molar refractivity (Wildman–Crippen MR) is 304 cm³/mol. The molecule has 0 spiro atoms. The molecule has 5 fully saturated rings. The van der Waals surface area contributed by atoms with E-state index < -0.39 is 65.3 Å². The third-order valence-electron chi connectivity index (χ3n) is 20.7. The van der Waals surface area contributed by atoms with Gasteiger partial charge in [-0.3, -0.25) is 9.59 Å². The van der Waals surface area contributed by atoms with Gasteiger partial charge in [0, 0.05) is 72.4 Å². The van der Waals surface area contributed by atoms with Gasteiger partial charge in [-0.2, -0.15) is 0 Å². The molecule has 0 amide bonds. The quantitative estimate of drug-likeness (QED) is 0.0726.